The maximum Gasteiger partial charge on any atom is 0.178 e. The molecule has 3 N–H and O–H groups in total. The molecule has 0 saturated carbocycles. The molecule has 0 saturated heterocycles. The van der Waals surface area contributed by atoms with Crippen molar-refractivity contribution < 1.29 is 4.79 Å². The number of ketones is 1. The van der Waals surface area contributed by atoms with Crippen LogP contribution in [0, 0.1) is 0 Å². The highest BCUT2D eigenvalue weighted by Gasteiger charge is 2.20. The van der Waals surface area contributed by atoms with Gasteiger partial charge in [0.15, 0.2) is 5.78 Å². The average molecular weight is 654 g/mol. The Morgan fingerprint density at radius 3 is 1.46 bits per heavy atom. The molecule has 4 rings (SSSR count). The van der Waals surface area contributed by atoms with Crippen LogP contribution in [-0.4, -0.2) is 40.5 Å². The summed E-state index contributed by atoms with van der Waals surface area (Å²) in [6, 6.07) is 13.2. The van der Waals surface area contributed by atoms with Gasteiger partial charge in [-0.25, -0.2) is 0 Å². The fourth-order valence-corrected chi connectivity index (χ4v) is 5.97. The van der Waals surface area contributed by atoms with E-state index in [-0.39, 0.29) is 14.2 Å². The van der Waals surface area contributed by atoms with Gasteiger partial charge in [0.1, 0.15) is 0 Å². The number of benzene rings is 2. The van der Waals surface area contributed by atoms with Crippen molar-refractivity contribution in [3.63, 3.8) is 0 Å². The van der Waals surface area contributed by atoms with Crippen molar-refractivity contribution in [1.29, 1.82) is 0 Å². The van der Waals surface area contributed by atoms with Crippen LogP contribution in [0.2, 0.25) is 0 Å². The summed E-state index contributed by atoms with van der Waals surface area (Å²) in [4.78, 5) is 16.9. The van der Waals surface area contributed by atoms with Gasteiger partial charge in [-0.05, 0) is 98.5 Å². The van der Waals surface area contributed by atoms with Crippen molar-refractivity contribution in [3.8, 4) is 0 Å². The summed E-state index contributed by atoms with van der Waals surface area (Å²) in [7, 11) is 3.75. The van der Waals surface area contributed by atoms with Gasteiger partial charge in [0.05, 0.1) is 17.1 Å². The quantitative estimate of drug-likeness (QED) is 0.167. The number of carbonyl (C=O) groups excluding carboxylic acids is 1. The Labute approximate surface area is 296 Å². The molecular weight excluding hydrogens is 587 g/mol. The van der Waals surface area contributed by atoms with E-state index in [1.54, 1.807) is 0 Å². The van der Waals surface area contributed by atoms with E-state index in [1.165, 1.54) is 58.6 Å². The Kier molecular flexibility index (Phi) is 20.1. The first-order valence-electron chi connectivity index (χ1n) is 18.3. The van der Waals surface area contributed by atoms with E-state index in [1.807, 2.05) is 20.2 Å². The molecule has 3 radical (unpaired) electrons. The highest BCUT2D eigenvalue weighted by molar-refractivity contribution is 6.03. The van der Waals surface area contributed by atoms with Crippen LogP contribution in [0.25, 0.3) is 0 Å². The minimum Gasteiger partial charge on any atom is -0.354 e. The summed E-state index contributed by atoms with van der Waals surface area (Å²) in [5, 5.41) is 9.98. The van der Waals surface area contributed by atoms with Crippen molar-refractivity contribution in [1.82, 2.24) is 5.32 Å². The summed E-state index contributed by atoms with van der Waals surface area (Å²) >= 11 is 0. The van der Waals surface area contributed by atoms with Crippen molar-refractivity contribution >= 4 is 31.3 Å². The zero-order chi connectivity index (χ0) is 34.9. The molecule has 263 valence electrons. The number of rotatable bonds is 11. The van der Waals surface area contributed by atoms with Crippen LogP contribution in [0.5, 0.6) is 0 Å². The molecule has 0 spiro atoms. The van der Waals surface area contributed by atoms with Gasteiger partial charge in [0.25, 0.3) is 0 Å². The van der Waals surface area contributed by atoms with Gasteiger partial charge in [0.2, 0.25) is 0 Å². The first-order chi connectivity index (χ1) is 22.5. The molecule has 0 aliphatic heterocycles. The third-order valence-electron chi connectivity index (χ3n) is 8.61. The normalized spacial score (nSPS) is 15.3. The third-order valence-corrected chi connectivity index (χ3v) is 8.61. The molecule has 0 unspecified atom stereocenters. The Balaban J connectivity index is 0.000000441. The standard InChI is InChI=1S/C22H34N2.C18H25NO.C2H7N.B/c1-6-7-15-23-20-13-8-9-14-21(20)24-22-18(16(2)3)11-10-12-19(22)17(4)5;1-12(2)14-8-7-9-15(13(3)4)18(14)19-16-10-5-6-11-17(16)20;1-3-2;/h10-12,14,16-17,24H,6-9,13,15H2,1-5H3;7-10,12-13,19H,5-6,11H2,1-4H3;3H,1-2H3;. The van der Waals surface area contributed by atoms with Crippen LogP contribution in [0.4, 0.5) is 11.4 Å². The van der Waals surface area contributed by atoms with E-state index in [2.05, 4.69) is 121 Å². The number of aliphatic imine (C=N–C) groups is 1. The summed E-state index contributed by atoms with van der Waals surface area (Å²) < 4.78 is 0. The molecule has 2 aromatic rings. The Hall–Kier alpha value is -3.12. The smallest absolute Gasteiger partial charge is 0.178 e. The van der Waals surface area contributed by atoms with Crippen molar-refractivity contribution in [2.24, 2.45) is 4.99 Å². The van der Waals surface area contributed by atoms with E-state index in [0.717, 1.165) is 43.6 Å². The number of Topliss-reactive ketones (excluding diaryl/α,β-unsaturated/α-hetero) is 1. The molecular formula is C42H66BN4O. The van der Waals surface area contributed by atoms with E-state index in [4.69, 9.17) is 4.99 Å². The number of allylic oxidation sites excluding steroid dienone is 4. The maximum atomic E-state index is 12.0. The number of hydrogen-bond donors (Lipinski definition) is 3. The highest BCUT2D eigenvalue weighted by Crippen LogP contribution is 2.35. The van der Waals surface area contributed by atoms with Crippen LogP contribution >= 0.6 is 0 Å². The molecule has 2 aromatic carbocycles. The van der Waals surface area contributed by atoms with Gasteiger partial charge in [-0.3, -0.25) is 9.79 Å². The summed E-state index contributed by atoms with van der Waals surface area (Å²) in [5.74, 6) is 2.14. The number of carbonyl (C=O) groups is 1. The number of para-hydroxylation sites is 2. The number of hydrogen-bond acceptors (Lipinski definition) is 5. The monoisotopic (exact) mass is 654 g/mol. The fraction of sp³-hybridized carbons (Fsp3) is 0.571. The van der Waals surface area contributed by atoms with Crippen molar-refractivity contribution in [2.75, 3.05) is 31.3 Å². The number of nitrogens with one attached hydrogen (secondary N) is 3. The first kappa shape index (κ1) is 42.9. The van der Waals surface area contributed by atoms with Crippen LogP contribution < -0.4 is 16.0 Å². The topological polar surface area (TPSA) is 65.5 Å². The molecule has 0 fully saturated rings. The van der Waals surface area contributed by atoms with Gasteiger partial charge in [-0.15, -0.1) is 0 Å². The van der Waals surface area contributed by atoms with Gasteiger partial charge < -0.3 is 16.0 Å². The average Bonchev–Trinajstić information content (AvgIpc) is 3.03. The van der Waals surface area contributed by atoms with Crippen LogP contribution in [0.1, 0.15) is 160 Å². The second-order valence-electron chi connectivity index (χ2n) is 14.1. The van der Waals surface area contributed by atoms with Gasteiger partial charge >= 0.3 is 0 Å². The Bertz CT molecular complexity index is 1300. The summed E-state index contributed by atoms with van der Waals surface area (Å²) in [6.07, 6.45) is 12.9. The lowest BCUT2D eigenvalue weighted by molar-refractivity contribution is -0.115. The third kappa shape index (κ3) is 13.1. The second kappa shape index (κ2) is 22.5. The van der Waals surface area contributed by atoms with E-state index < -0.39 is 0 Å². The second-order valence-corrected chi connectivity index (χ2v) is 14.1. The molecule has 0 aromatic heterocycles. The van der Waals surface area contributed by atoms with Gasteiger partial charge in [-0.1, -0.05) is 117 Å². The maximum absolute atomic E-state index is 12.0. The molecule has 48 heavy (non-hydrogen) atoms. The highest BCUT2D eigenvalue weighted by atomic mass is 16.1. The predicted octanol–water partition coefficient (Wildman–Crippen LogP) is 11.1. The van der Waals surface area contributed by atoms with E-state index >= 15 is 0 Å². The zero-order valence-electron chi connectivity index (χ0n) is 32.2. The number of anilines is 2. The Morgan fingerprint density at radius 2 is 1.06 bits per heavy atom. The molecule has 6 heteroatoms. The van der Waals surface area contributed by atoms with Gasteiger partial charge in [0, 0.05) is 32.8 Å². The lowest BCUT2D eigenvalue weighted by Crippen LogP contribution is -2.18. The first-order valence-corrected chi connectivity index (χ1v) is 18.3. The minimum atomic E-state index is 0. The number of unbranched alkanes of at least 4 members (excludes halogenated alkanes) is 1. The molecule has 0 atom stereocenters. The van der Waals surface area contributed by atoms with Crippen molar-refractivity contribution in [3.05, 3.63) is 82.2 Å². The van der Waals surface area contributed by atoms with E-state index in [9.17, 15) is 4.79 Å². The SMILES string of the molecule is CC(C)c1cccc(C(C)C)c1NC1=CCCCC1=O.CCCCN=C1CCCC=C1Nc1c(C(C)C)cccc1C(C)C.CNC.[B]. The molecule has 0 heterocycles. The van der Waals surface area contributed by atoms with Gasteiger partial charge in [-0.2, -0.15) is 0 Å². The fourth-order valence-electron chi connectivity index (χ4n) is 5.97. The van der Waals surface area contributed by atoms with Crippen LogP contribution in [0.15, 0.2) is 64.9 Å². The molecule has 2 aliphatic carbocycles. The summed E-state index contributed by atoms with van der Waals surface area (Å²) in [6.45, 7) is 21.1. The molecule has 0 bridgehead atoms. The van der Waals surface area contributed by atoms with Crippen LogP contribution in [-0.2, 0) is 4.79 Å². The largest absolute Gasteiger partial charge is 0.354 e. The lowest BCUT2D eigenvalue weighted by atomic mass is 9.92. The number of nitrogens with zero attached hydrogens (tertiary/aromatic N) is 1. The Morgan fingerprint density at radius 1 is 0.667 bits per heavy atom. The van der Waals surface area contributed by atoms with E-state index in [0.29, 0.717) is 30.1 Å². The molecule has 0 amide bonds. The van der Waals surface area contributed by atoms with Crippen LogP contribution in [0.3, 0.4) is 0 Å². The zero-order valence-corrected chi connectivity index (χ0v) is 32.2. The summed E-state index contributed by atoms with van der Waals surface area (Å²) in [5.41, 5.74) is 11.1. The molecule has 5 nitrogen and oxygen atoms in total. The minimum absolute atomic E-state index is 0. The molecule has 2 aliphatic rings. The lowest BCUT2D eigenvalue weighted by Gasteiger charge is -2.24. The predicted molar refractivity (Wildman–Crippen MR) is 213 cm³/mol. The van der Waals surface area contributed by atoms with Crippen molar-refractivity contribution in [2.45, 2.75) is 137 Å².